The van der Waals surface area contributed by atoms with E-state index in [0.717, 1.165) is 12.8 Å². The van der Waals surface area contributed by atoms with Crippen LogP contribution in [0.1, 0.15) is 48.8 Å². The Morgan fingerprint density at radius 2 is 1.33 bits per heavy atom. The standard InChI is InChI=1S/C26H29O3P/c1-21-11-13-22(14-12-21)26(19-7-4-8-20-26)23-15-17-24(18-16-23)29-30(27,28-2)25-9-5-3-6-10-25/h3,5-6,9-18H,4,7-8,19-20H2,1-2H3. The highest BCUT2D eigenvalue weighted by Crippen LogP contribution is 2.48. The summed E-state index contributed by atoms with van der Waals surface area (Å²) in [6.07, 6.45) is 6.06. The fraction of sp³-hybridized carbons (Fsp3) is 0.308. The minimum absolute atomic E-state index is 0.0366. The van der Waals surface area contributed by atoms with Crippen molar-refractivity contribution < 1.29 is 13.6 Å². The molecule has 1 aliphatic carbocycles. The smallest absolute Gasteiger partial charge is 0.410 e. The van der Waals surface area contributed by atoms with Gasteiger partial charge < -0.3 is 4.52 Å². The lowest BCUT2D eigenvalue weighted by Crippen LogP contribution is -2.30. The molecule has 1 saturated carbocycles. The summed E-state index contributed by atoms with van der Waals surface area (Å²) < 4.78 is 24.4. The Balaban J connectivity index is 1.64. The zero-order valence-corrected chi connectivity index (χ0v) is 18.6. The molecule has 0 saturated heterocycles. The zero-order valence-electron chi connectivity index (χ0n) is 17.7. The molecule has 3 aromatic carbocycles. The maximum Gasteiger partial charge on any atom is 0.410 e. The summed E-state index contributed by atoms with van der Waals surface area (Å²) >= 11 is 0. The first-order valence-electron chi connectivity index (χ1n) is 10.6. The van der Waals surface area contributed by atoms with Crippen LogP contribution in [0.25, 0.3) is 0 Å². The highest BCUT2D eigenvalue weighted by Gasteiger charge is 2.36. The number of rotatable bonds is 6. The van der Waals surface area contributed by atoms with Crippen molar-refractivity contribution in [3.05, 3.63) is 95.6 Å². The Morgan fingerprint density at radius 3 is 1.90 bits per heavy atom. The Morgan fingerprint density at radius 1 is 0.767 bits per heavy atom. The van der Waals surface area contributed by atoms with Crippen molar-refractivity contribution in [2.45, 2.75) is 44.4 Å². The van der Waals surface area contributed by atoms with E-state index in [2.05, 4.69) is 43.3 Å². The predicted octanol–water partition coefficient (Wildman–Crippen LogP) is 6.79. The van der Waals surface area contributed by atoms with Crippen molar-refractivity contribution in [3.8, 4) is 5.75 Å². The van der Waals surface area contributed by atoms with E-state index in [-0.39, 0.29) is 5.41 Å². The van der Waals surface area contributed by atoms with E-state index < -0.39 is 7.60 Å². The summed E-state index contributed by atoms with van der Waals surface area (Å²) in [6.45, 7) is 2.13. The van der Waals surface area contributed by atoms with E-state index in [4.69, 9.17) is 9.05 Å². The largest absolute Gasteiger partial charge is 0.421 e. The van der Waals surface area contributed by atoms with E-state index in [1.807, 2.05) is 30.3 Å². The second-order valence-corrected chi connectivity index (χ2v) is 10.2. The highest BCUT2D eigenvalue weighted by molar-refractivity contribution is 7.62. The monoisotopic (exact) mass is 420 g/mol. The molecule has 1 fully saturated rings. The molecule has 1 atom stereocenters. The van der Waals surface area contributed by atoms with Gasteiger partial charge in [0.2, 0.25) is 0 Å². The second kappa shape index (κ2) is 8.79. The molecule has 0 spiro atoms. The molecule has 0 N–H and O–H groups in total. The van der Waals surface area contributed by atoms with Crippen molar-refractivity contribution in [2.24, 2.45) is 0 Å². The molecule has 3 nitrogen and oxygen atoms in total. The number of hydrogen-bond acceptors (Lipinski definition) is 3. The molecule has 0 radical (unpaired) electrons. The summed E-state index contributed by atoms with van der Waals surface area (Å²) in [6, 6.07) is 26.2. The van der Waals surface area contributed by atoms with Gasteiger partial charge in [0.1, 0.15) is 5.75 Å². The van der Waals surface area contributed by atoms with Crippen LogP contribution in [0.4, 0.5) is 0 Å². The maximum atomic E-state index is 13.2. The minimum atomic E-state index is -3.40. The van der Waals surface area contributed by atoms with Gasteiger partial charge in [-0.1, -0.05) is 79.4 Å². The molecule has 0 aromatic heterocycles. The van der Waals surface area contributed by atoms with E-state index in [0.29, 0.717) is 11.1 Å². The molecular weight excluding hydrogens is 391 g/mol. The van der Waals surface area contributed by atoms with Gasteiger partial charge in [-0.05, 0) is 55.2 Å². The van der Waals surface area contributed by atoms with E-state index in [1.54, 1.807) is 12.1 Å². The lowest BCUT2D eigenvalue weighted by Gasteiger charge is -2.39. The molecule has 4 rings (SSSR count). The molecule has 0 amide bonds. The third-order valence-corrected chi connectivity index (χ3v) is 8.12. The Hall–Kier alpha value is -2.35. The molecule has 1 unspecified atom stereocenters. The van der Waals surface area contributed by atoms with Crippen LogP contribution >= 0.6 is 7.60 Å². The van der Waals surface area contributed by atoms with Gasteiger partial charge in [-0.25, -0.2) is 4.57 Å². The van der Waals surface area contributed by atoms with Gasteiger partial charge in [-0.3, -0.25) is 4.52 Å². The van der Waals surface area contributed by atoms with Crippen LogP contribution in [0.2, 0.25) is 0 Å². The summed E-state index contributed by atoms with van der Waals surface area (Å²) in [5, 5.41) is 0.556. The molecular formula is C26H29O3P. The van der Waals surface area contributed by atoms with Crippen molar-refractivity contribution >= 4 is 12.9 Å². The van der Waals surface area contributed by atoms with Gasteiger partial charge in [-0.15, -0.1) is 0 Å². The normalized spacial score (nSPS) is 17.8. The van der Waals surface area contributed by atoms with Crippen LogP contribution in [0.5, 0.6) is 5.75 Å². The van der Waals surface area contributed by atoms with Crippen LogP contribution in [-0.2, 0) is 14.5 Å². The first-order valence-corrected chi connectivity index (χ1v) is 12.2. The third kappa shape index (κ3) is 4.10. The molecule has 0 heterocycles. The lowest BCUT2D eigenvalue weighted by molar-refractivity contribution is 0.333. The van der Waals surface area contributed by atoms with Crippen molar-refractivity contribution in [1.82, 2.24) is 0 Å². The van der Waals surface area contributed by atoms with Gasteiger partial charge in [0.25, 0.3) is 0 Å². The fourth-order valence-corrected chi connectivity index (χ4v) is 5.88. The molecule has 0 aliphatic heterocycles. The summed E-state index contributed by atoms with van der Waals surface area (Å²) in [5.74, 6) is 0.558. The molecule has 3 aromatic rings. The fourth-order valence-electron chi connectivity index (χ4n) is 4.55. The number of benzene rings is 3. The van der Waals surface area contributed by atoms with Gasteiger partial charge in [0.05, 0.1) is 5.30 Å². The zero-order chi connectivity index (χ0) is 21.0. The topological polar surface area (TPSA) is 35.5 Å². The summed E-state index contributed by atoms with van der Waals surface area (Å²) in [7, 11) is -1.98. The molecule has 1 aliphatic rings. The van der Waals surface area contributed by atoms with Crippen molar-refractivity contribution in [3.63, 3.8) is 0 Å². The van der Waals surface area contributed by atoms with Crippen LogP contribution in [0, 0.1) is 6.92 Å². The summed E-state index contributed by atoms with van der Waals surface area (Å²) in [4.78, 5) is 0. The Kier molecular flexibility index (Phi) is 6.13. The van der Waals surface area contributed by atoms with Crippen LogP contribution in [-0.4, -0.2) is 7.11 Å². The molecule has 30 heavy (non-hydrogen) atoms. The van der Waals surface area contributed by atoms with Crippen LogP contribution < -0.4 is 9.83 Å². The van der Waals surface area contributed by atoms with Crippen molar-refractivity contribution in [2.75, 3.05) is 7.11 Å². The Bertz CT molecular complexity index is 1000. The van der Waals surface area contributed by atoms with Gasteiger partial charge in [0, 0.05) is 12.5 Å². The van der Waals surface area contributed by atoms with Gasteiger partial charge in [0.15, 0.2) is 0 Å². The minimum Gasteiger partial charge on any atom is -0.421 e. The lowest BCUT2D eigenvalue weighted by atomic mass is 9.65. The van der Waals surface area contributed by atoms with Crippen LogP contribution in [0.3, 0.4) is 0 Å². The van der Waals surface area contributed by atoms with E-state index in [1.165, 1.54) is 43.1 Å². The quantitative estimate of drug-likeness (QED) is 0.412. The number of hydrogen-bond donors (Lipinski definition) is 0. The first-order chi connectivity index (χ1) is 14.6. The van der Waals surface area contributed by atoms with Crippen molar-refractivity contribution in [1.29, 1.82) is 0 Å². The van der Waals surface area contributed by atoms with Crippen LogP contribution in [0.15, 0.2) is 78.9 Å². The van der Waals surface area contributed by atoms with Gasteiger partial charge in [-0.2, -0.15) is 0 Å². The Labute approximate surface area is 179 Å². The first kappa shape index (κ1) is 20.9. The van der Waals surface area contributed by atoms with E-state index >= 15 is 0 Å². The SMILES string of the molecule is COP(=O)(Oc1ccc(C2(c3ccc(C)cc3)CCCCC2)cc1)c1ccccc1. The molecule has 156 valence electrons. The molecule has 0 bridgehead atoms. The third-order valence-electron chi connectivity index (χ3n) is 6.26. The van der Waals surface area contributed by atoms with E-state index in [9.17, 15) is 4.57 Å². The second-order valence-electron chi connectivity index (χ2n) is 8.14. The number of aryl methyl sites for hydroxylation is 1. The maximum absolute atomic E-state index is 13.2. The average molecular weight is 420 g/mol. The summed E-state index contributed by atoms with van der Waals surface area (Å²) in [5.41, 5.74) is 4.00. The van der Waals surface area contributed by atoms with Gasteiger partial charge >= 0.3 is 7.60 Å². The predicted molar refractivity (Wildman–Crippen MR) is 123 cm³/mol. The molecule has 4 heteroatoms. The highest BCUT2D eigenvalue weighted by atomic mass is 31.2. The average Bonchev–Trinajstić information content (AvgIpc) is 2.81.